The van der Waals surface area contributed by atoms with Gasteiger partial charge >= 0.3 is 0 Å². The maximum atomic E-state index is 13.4. The summed E-state index contributed by atoms with van der Waals surface area (Å²) in [6, 6.07) is 0. The highest BCUT2D eigenvalue weighted by Crippen LogP contribution is 2.51. The van der Waals surface area contributed by atoms with E-state index in [4.69, 9.17) is 9.47 Å². The van der Waals surface area contributed by atoms with Crippen molar-refractivity contribution in [3.8, 4) is 0 Å². The SMILES string of the molecule is COC(O)CCSC(=O)C1([C@@H](O)[C@@H]2C=CCCC2)NC(=O)C2CCO[C@@]21C. The monoisotopic (exact) mass is 399 g/mol. The standard InChI is InChI=1S/C19H29NO6S/c1-18-13(8-10-26-18)16(23)20-19(18,15(22)12-6-4-3-5-7-12)17(24)27-11-9-14(21)25-2/h4,6,12-15,21-22H,3,5,7-11H2,1-2H3,(H,20,23)/t12-,13?,14?,15+,18+,19?/m1/s1. The first-order valence-electron chi connectivity index (χ1n) is 9.55. The van der Waals surface area contributed by atoms with Gasteiger partial charge in [0.05, 0.1) is 12.0 Å². The van der Waals surface area contributed by atoms with Gasteiger partial charge in [0.2, 0.25) is 11.0 Å². The highest BCUT2D eigenvalue weighted by atomic mass is 32.2. The molecular formula is C19H29NO6S. The van der Waals surface area contributed by atoms with E-state index in [1.54, 1.807) is 6.92 Å². The van der Waals surface area contributed by atoms with Gasteiger partial charge in [0.25, 0.3) is 0 Å². The second-order valence-corrected chi connectivity index (χ2v) is 8.74. The molecule has 0 aromatic rings. The molecule has 152 valence electrons. The minimum Gasteiger partial charge on any atom is -0.389 e. The Balaban J connectivity index is 1.89. The van der Waals surface area contributed by atoms with Gasteiger partial charge in [-0.15, -0.1) is 0 Å². The van der Waals surface area contributed by atoms with Crippen molar-refractivity contribution < 1.29 is 29.3 Å². The number of ether oxygens (including phenoxy) is 2. The summed E-state index contributed by atoms with van der Waals surface area (Å²) < 4.78 is 10.8. The molecule has 3 N–H and O–H groups in total. The lowest BCUT2D eigenvalue weighted by molar-refractivity contribution is -0.143. The van der Waals surface area contributed by atoms with Gasteiger partial charge in [0.1, 0.15) is 5.60 Å². The van der Waals surface area contributed by atoms with Crippen LogP contribution in [0.5, 0.6) is 0 Å². The Kier molecular flexibility index (Phi) is 6.32. The Bertz CT molecular complexity index is 613. The first-order chi connectivity index (χ1) is 12.9. The molecule has 7 nitrogen and oxygen atoms in total. The number of thioether (sulfide) groups is 1. The molecule has 0 bridgehead atoms. The van der Waals surface area contributed by atoms with Gasteiger partial charge < -0.3 is 25.0 Å². The summed E-state index contributed by atoms with van der Waals surface area (Å²) in [4.78, 5) is 26.0. The van der Waals surface area contributed by atoms with Crippen molar-refractivity contribution in [3.05, 3.63) is 12.2 Å². The average molecular weight is 400 g/mol. The van der Waals surface area contributed by atoms with Crippen LogP contribution < -0.4 is 5.32 Å². The van der Waals surface area contributed by atoms with Crippen LogP contribution in [0.3, 0.4) is 0 Å². The quantitative estimate of drug-likeness (QED) is 0.433. The molecule has 1 amide bonds. The van der Waals surface area contributed by atoms with Crippen molar-refractivity contribution in [2.75, 3.05) is 19.5 Å². The Morgan fingerprint density at radius 1 is 1.48 bits per heavy atom. The predicted molar refractivity (Wildman–Crippen MR) is 101 cm³/mol. The number of rotatable bonds is 7. The van der Waals surface area contributed by atoms with Crippen molar-refractivity contribution in [1.29, 1.82) is 0 Å². The van der Waals surface area contributed by atoms with Gasteiger partial charge in [-0.25, -0.2) is 0 Å². The number of nitrogens with one attached hydrogen (secondary N) is 1. The number of aliphatic hydroxyl groups excluding tert-OH is 2. The largest absolute Gasteiger partial charge is 0.389 e. The number of hydrogen-bond donors (Lipinski definition) is 3. The molecule has 27 heavy (non-hydrogen) atoms. The predicted octanol–water partition coefficient (Wildman–Crippen LogP) is 0.982. The summed E-state index contributed by atoms with van der Waals surface area (Å²) in [6.07, 6.45) is 5.41. The zero-order chi connectivity index (χ0) is 19.7. The van der Waals surface area contributed by atoms with Gasteiger partial charge in [-0.1, -0.05) is 23.9 Å². The van der Waals surface area contributed by atoms with Crippen LogP contribution in [0.2, 0.25) is 0 Å². The van der Waals surface area contributed by atoms with Crippen LogP contribution in [0, 0.1) is 11.8 Å². The summed E-state index contributed by atoms with van der Waals surface area (Å²) in [7, 11) is 1.40. The van der Waals surface area contributed by atoms with Crippen molar-refractivity contribution in [1.82, 2.24) is 5.32 Å². The average Bonchev–Trinajstić information content (AvgIpc) is 3.17. The molecule has 3 aliphatic rings. The molecular weight excluding hydrogens is 370 g/mol. The van der Waals surface area contributed by atoms with Crippen LogP contribution >= 0.6 is 11.8 Å². The molecule has 1 aliphatic carbocycles. The van der Waals surface area contributed by atoms with Gasteiger partial charge in [-0.2, -0.15) is 0 Å². The maximum absolute atomic E-state index is 13.4. The first-order valence-corrected chi connectivity index (χ1v) is 10.5. The number of fused-ring (bicyclic) bond motifs is 1. The van der Waals surface area contributed by atoms with E-state index in [-0.39, 0.29) is 23.4 Å². The minimum absolute atomic E-state index is 0.215. The minimum atomic E-state index is -1.50. The summed E-state index contributed by atoms with van der Waals surface area (Å²) in [5.74, 6) is -0.583. The summed E-state index contributed by atoms with van der Waals surface area (Å²) in [6.45, 7) is 2.16. The van der Waals surface area contributed by atoms with E-state index in [0.717, 1.165) is 31.0 Å². The summed E-state index contributed by atoms with van der Waals surface area (Å²) in [5, 5.41) is 23.4. The van der Waals surface area contributed by atoms with E-state index in [1.165, 1.54) is 7.11 Å². The zero-order valence-corrected chi connectivity index (χ0v) is 16.7. The fraction of sp³-hybridized carbons (Fsp3) is 0.789. The van der Waals surface area contributed by atoms with E-state index in [0.29, 0.717) is 18.8 Å². The maximum Gasteiger partial charge on any atom is 0.227 e. The third kappa shape index (κ3) is 3.46. The van der Waals surface area contributed by atoms with Crippen LogP contribution in [-0.2, 0) is 19.1 Å². The molecule has 2 aliphatic heterocycles. The van der Waals surface area contributed by atoms with Crippen LogP contribution in [0.15, 0.2) is 12.2 Å². The number of carbonyl (C=O) groups excluding carboxylic acids is 2. The van der Waals surface area contributed by atoms with E-state index < -0.39 is 29.5 Å². The molecule has 0 radical (unpaired) electrons. The number of carbonyl (C=O) groups is 2. The molecule has 6 atom stereocenters. The van der Waals surface area contributed by atoms with Crippen LogP contribution in [0.25, 0.3) is 0 Å². The first kappa shape index (κ1) is 20.8. The number of aliphatic hydroxyl groups is 2. The lowest BCUT2D eigenvalue weighted by Gasteiger charge is -2.45. The Morgan fingerprint density at radius 3 is 2.93 bits per heavy atom. The van der Waals surface area contributed by atoms with Crippen LogP contribution in [-0.4, -0.2) is 64.2 Å². The van der Waals surface area contributed by atoms with Gasteiger partial charge in [0, 0.05) is 31.8 Å². The van der Waals surface area contributed by atoms with Crippen molar-refractivity contribution in [3.63, 3.8) is 0 Å². The summed E-state index contributed by atoms with van der Waals surface area (Å²) >= 11 is 1.00. The summed E-state index contributed by atoms with van der Waals surface area (Å²) in [5.41, 5.74) is -2.58. The third-order valence-electron chi connectivity index (χ3n) is 6.23. The number of amides is 1. The van der Waals surface area contributed by atoms with Gasteiger partial charge in [-0.3, -0.25) is 9.59 Å². The lowest BCUT2D eigenvalue weighted by Crippen LogP contribution is -2.69. The van der Waals surface area contributed by atoms with Crippen LogP contribution in [0.4, 0.5) is 0 Å². The van der Waals surface area contributed by atoms with E-state index in [1.807, 2.05) is 12.2 Å². The second kappa shape index (κ2) is 8.21. The topological polar surface area (TPSA) is 105 Å². The van der Waals surface area contributed by atoms with Crippen molar-refractivity contribution in [2.24, 2.45) is 11.8 Å². The van der Waals surface area contributed by atoms with Gasteiger partial charge in [0.15, 0.2) is 11.8 Å². The van der Waals surface area contributed by atoms with E-state index >= 15 is 0 Å². The Labute approximate surface area is 163 Å². The second-order valence-electron chi connectivity index (χ2n) is 7.68. The Morgan fingerprint density at radius 2 is 2.26 bits per heavy atom. The Hall–Kier alpha value is -0.930. The highest BCUT2D eigenvalue weighted by Gasteiger charge is 2.71. The molecule has 8 heteroatoms. The molecule has 3 unspecified atom stereocenters. The van der Waals surface area contributed by atoms with Crippen molar-refractivity contribution in [2.45, 2.75) is 62.6 Å². The normalized spacial score (nSPS) is 37.7. The number of hydrogen-bond acceptors (Lipinski definition) is 7. The van der Waals surface area contributed by atoms with E-state index in [2.05, 4.69) is 5.32 Å². The van der Waals surface area contributed by atoms with E-state index in [9.17, 15) is 19.8 Å². The number of allylic oxidation sites excluding steroid dienone is 1. The van der Waals surface area contributed by atoms with Crippen LogP contribution in [0.1, 0.15) is 39.0 Å². The molecule has 2 heterocycles. The van der Waals surface area contributed by atoms with Crippen molar-refractivity contribution >= 4 is 22.8 Å². The molecule has 0 aromatic heterocycles. The molecule has 3 rings (SSSR count). The molecule has 0 saturated carbocycles. The number of methoxy groups -OCH3 is 1. The smallest absolute Gasteiger partial charge is 0.227 e. The molecule has 2 fully saturated rings. The molecule has 0 spiro atoms. The highest BCUT2D eigenvalue weighted by molar-refractivity contribution is 8.13. The fourth-order valence-corrected chi connectivity index (χ4v) is 5.70. The van der Waals surface area contributed by atoms with Gasteiger partial charge in [-0.05, 0) is 32.6 Å². The zero-order valence-electron chi connectivity index (χ0n) is 15.8. The molecule has 2 saturated heterocycles. The lowest BCUT2D eigenvalue weighted by atomic mass is 9.69. The molecule has 0 aromatic carbocycles. The third-order valence-corrected chi connectivity index (χ3v) is 7.25. The fourth-order valence-electron chi connectivity index (χ4n) is 4.59.